The van der Waals surface area contributed by atoms with E-state index >= 15 is 0 Å². The number of nitrogens with zero attached hydrogens (tertiary/aromatic N) is 2. The summed E-state index contributed by atoms with van der Waals surface area (Å²) in [5.74, 6) is 0. The standard InChI is InChI=1S/C12H14ClN3/c1-9(14)12(16-8-4-7-15-16)10-5-2-3-6-11(10)13/h2-9,12H,14H2,1H3. The summed E-state index contributed by atoms with van der Waals surface area (Å²) in [5, 5.41) is 4.96. The summed E-state index contributed by atoms with van der Waals surface area (Å²) in [6.07, 6.45) is 3.64. The Morgan fingerprint density at radius 2 is 2.06 bits per heavy atom. The molecule has 0 saturated heterocycles. The fourth-order valence-corrected chi connectivity index (χ4v) is 2.07. The van der Waals surface area contributed by atoms with Crippen LogP contribution < -0.4 is 5.73 Å². The highest BCUT2D eigenvalue weighted by Crippen LogP contribution is 2.27. The summed E-state index contributed by atoms with van der Waals surface area (Å²) >= 11 is 6.18. The molecule has 2 rings (SSSR count). The second kappa shape index (κ2) is 4.68. The van der Waals surface area contributed by atoms with Gasteiger partial charge in [-0.15, -0.1) is 0 Å². The van der Waals surface area contributed by atoms with Crippen molar-refractivity contribution in [3.8, 4) is 0 Å². The van der Waals surface area contributed by atoms with E-state index in [4.69, 9.17) is 17.3 Å². The summed E-state index contributed by atoms with van der Waals surface area (Å²) < 4.78 is 1.84. The zero-order valence-corrected chi connectivity index (χ0v) is 9.80. The van der Waals surface area contributed by atoms with Gasteiger partial charge in [0.25, 0.3) is 0 Å². The maximum absolute atomic E-state index is 6.18. The third-order valence-corrected chi connectivity index (χ3v) is 2.88. The monoisotopic (exact) mass is 235 g/mol. The van der Waals surface area contributed by atoms with E-state index in [1.807, 2.05) is 48.1 Å². The fraction of sp³-hybridized carbons (Fsp3) is 0.250. The molecule has 1 aromatic heterocycles. The van der Waals surface area contributed by atoms with Crippen LogP contribution in [0, 0.1) is 0 Å². The molecule has 1 heterocycles. The molecule has 0 fully saturated rings. The summed E-state index contributed by atoms with van der Waals surface area (Å²) in [4.78, 5) is 0. The van der Waals surface area contributed by atoms with E-state index < -0.39 is 0 Å². The lowest BCUT2D eigenvalue weighted by Crippen LogP contribution is -2.30. The van der Waals surface area contributed by atoms with Gasteiger partial charge in [0, 0.05) is 23.5 Å². The Morgan fingerprint density at radius 1 is 1.31 bits per heavy atom. The highest BCUT2D eigenvalue weighted by atomic mass is 35.5. The molecule has 0 aliphatic heterocycles. The first-order valence-electron chi connectivity index (χ1n) is 5.19. The molecule has 0 bridgehead atoms. The van der Waals surface area contributed by atoms with Crippen molar-refractivity contribution in [1.82, 2.24) is 9.78 Å². The van der Waals surface area contributed by atoms with Crippen LogP contribution in [0.25, 0.3) is 0 Å². The predicted molar refractivity (Wildman–Crippen MR) is 65.5 cm³/mol. The SMILES string of the molecule is CC(N)C(c1ccccc1Cl)n1cccn1. The zero-order valence-electron chi connectivity index (χ0n) is 9.05. The van der Waals surface area contributed by atoms with Crippen molar-refractivity contribution in [3.63, 3.8) is 0 Å². The largest absolute Gasteiger partial charge is 0.326 e. The Kier molecular flexibility index (Phi) is 3.27. The first-order chi connectivity index (χ1) is 7.70. The first-order valence-corrected chi connectivity index (χ1v) is 5.57. The van der Waals surface area contributed by atoms with Crippen molar-refractivity contribution in [1.29, 1.82) is 0 Å². The summed E-state index contributed by atoms with van der Waals surface area (Å²) in [6, 6.07) is 9.52. The van der Waals surface area contributed by atoms with E-state index in [-0.39, 0.29) is 12.1 Å². The number of hydrogen-bond donors (Lipinski definition) is 1. The van der Waals surface area contributed by atoms with Crippen LogP contribution in [0.1, 0.15) is 18.5 Å². The molecule has 0 spiro atoms. The Bertz CT molecular complexity index is 451. The van der Waals surface area contributed by atoms with Gasteiger partial charge in [0.2, 0.25) is 0 Å². The van der Waals surface area contributed by atoms with Crippen molar-refractivity contribution in [2.24, 2.45) is 5.73 Å². The van der Waals surface area contributed by atoms with Gasteiger partial charge in [-0.2, -0.15) is 5.10 Å². The number of hydrogen-bond acceptors (Lipinski definition) is 2. The van der Waals surface area contributed by atoms with Crippen molar-refractivity contribution in [2.75, 3.05) is 0 Å². The van der Waals surface area contributed by atoms with Crippen LogP contribution in [0.2, 0.25) is 5.02 Å². The number of aromatic nitrogens is 2. The van der Waals surface area contributed by atoms with E-state index in [1.165, 1.54) is 0 Å². The fourth-order valence-electron chi connectivity index (χ4n) is 1.83. The molecule has 2 unspecified atom stereocenters. The Labute approximate surface area is 99.8 Å². The van der Waals surface area contributed by atoms with Crippen LogP contribution in [-0.4, -0.2) is 15.8 Å². The molecule has 2 N–H and O–H groups in total. The van der Waals surface area contributed by atoms with Crippen molar-refractivity contribution in [2.45, 2.75) is 19.0 Å². The average molecular weight is 236 g/mol. The van der Waals surface area contributed by atoms with Crippen LogP contribution in [0.4, 0.5) is 0 Å². The van der Waals surface area contributed by atoms with E-state index in [2.05, 4.69) is 5.10 Å². The van der Waals surface area contributed by atoms with Gasteiger partial charge in [0.05, 0.1) is 6.04 Å². The minimum Gasteiger partial charge on any atom is -0.326 e. The summed E-state index contributed by atoms with van der Waals surface area (Å²) in [5.41, 5.74) is 7.01. The highest BCUT2D eigenvalue weighted by molar-refractivity contribution is 6.31. The van der Waals surface area contributed by atoms with Gasteiger partial charge in [-0.3, -0.25) is 4.68 Å². The molecule has 1 aromatic carbocycles. The molecule has 2 atom stereocenters. The van der Waals surface area contributed by atoms with Gasteiger partial charge in [-0.1, -0.05) is 29.8 Å². The number of rotatable bonds is 3. The van der Waals surface area contributed by atoms with Gasteiger partial charge in [0.1, 0.15) is 0 Å². The number of nitrogens with two attached hydrogens (primary N) is 1. The van der Waals surface area contributed by atoms with Gasteiger partial charge in [-0.05, 0) is 24.6 Å². The third kappa shape index (κ3) is 2.10. The topological polar surface area (TPSA) is 43.8 Å². The third-order valence-electron chi connectivity index (χ3n) is 2.53. The quantitative estimate of drug-likeness (QED) is 0.888. The minimum absolute atomic E-state index is 0.0244. The maximum Gasteiger partial charge on any atom is 0.0930 e. The molecule has 0 amide bonds. The van der Waals surface area contributed by atoms with Crippen molar-refractivity contribution in [3.05, 3.63) is 53.3 Å². The zero-order chi connectivity index (χ0) is 11.5. The molecule has 16 heavy (non-hydrogen) atoms. The maximum atomic E-state index is 6.18. The second-order valence-corrected chi connectivity index (χ2v) is 4.22. The smallest absolute Gasteiger partial charge is 0.0930 e. The van der Waals surface area contributed by atoms with Crippen LogP contribution in [0.5, 0.6) is 0 Å². The molecule has 0 radical (unpaired) electrons. The number of halogens is 1. The van der Waals surface area contributed by atoms with Gasteiger partial charge < -0.3 is 5.73 Å². The lowest BCUT2D eigenvalue weighted by molar-refractivity contribution is 0.454. The summed E-state index contributed by atoms with van der Waals surface area (Å²) in [7, 11) is 0. The predicted octanol–water partition coefficient (Wildman–Crippen LogP) is 2.47. The van der Waals surface area contributed by atoms with Crippen molar-refractivity contribution < 1.29 is 0 Å². The van der Waals surface area contributed by atoms with Gasteiger partial charge in [0.15, 0.2) is 0 Å². The lowest BCUT2D eigenvalue weighted by atomic mass is 10.0. The van der Waals surface area contributed by atoms with Gasteiger partial charge in [-0.25, -0.2) is 0 Å². The number of benzene rings is 1. The Hall–Kier alpha value is -1.32. The van der Waals surface area contributed by atoms with Gasteiger partial charge >= 0.3 is 0 Å². The van der Waals surface area contributed by atoms with Crippen LogP contribution in [0.15, 0.2) is 42.7 Å². The highest BCUT2D eigenvalue weighted by Gasteiger charge is 2.20. The van der Waals surface area contributed by atoms with Crippen LogP contribution >= 0.6 is 11.6 Å². The second-order valence-electron chi connectivity index (χ2n) is 3.81. The van der Waals surface area contributed by atoms with E-state index in [0.717, 1.165) is 10.6 Å². The van der Waals surface area contributed by atoms with Crippen LogP contribution in [0.3, 0.4) is 0 Å². The molecule has 4 heteroatoms. The van der Waals surface area contributed by atoms with Crippen molar-refractivity contribution >= 4 is 11.6 Å². The molecule has 0 aliphatic carbocycles. The van der Waals surface area contributed by atoms with Crippen LogP contribution in [-0.2, 0) is 0 Å². The summed E-state index contributed by atoms with van der Waals surface area (Å²) in [6.45, 7) is 1.95. The molecular weight excluding hydrogens is 222 g/mol. The Morgan fingerprint density at radius 3 is 2.62 bits per heavy atom. The molecule has 84 valence electrons. The Balaban J connectivity index is 2.45. The van der Waals surface area contributed by atoms with E-state index in [1.54, 1.807) is 6.20 Å². The molecule has 0 saturated carbocycles. The molecular formula is C12H14ClN3. The average Bonchev–Trinajstić information content (AvgIpc) is 2.74. The first kappa shape index (κ1) is 11.2. The molecule has 2 aromatic rings. The molecule has 3 nitrogen and oxygen atoms in total. The molecule has 0 aliphatic rings. The lowest BCUT2D eigenvalue weighted by Gasteiger charge is -2.22. The normalized spacial score (nSPS) is 14.7. The van der Waals surface area contributed by atoms with E-state index in [0.29, 0.717) is 0 Å². The van der Waals surface area contributed by atoms with E-state index in [9.17, 15) is 0 Å². The minimum atomic E-state index is -0.0557.